The van der Waals surface area contributed by atoms with E-state index < -0.39 is 41.4 Å². The zero-order valence-corrected chi connectivity index (χ0v) is 15.1. The minimum absolute atomic E-state index is 0.0401. The third kappa shape index (κ3) is 2.95. The van der Waals surface area contributed by atoms with Crippen LogP contribution in [0.4, 0.5) is 13.2 Å². The molecule has 0 aromatic heterocycles. The predicted molar refractivity (Wildman–Crippen MR) is 88.6 cm³/mol. The molecule has 9 heteroatoms. The number of fused-ring (bicyclic) bond motifs is 1. The van der Waals surface area contributed by atoms with Crippen molar-refractivity contribution in [2.24, 2.45) is 28.4 Å². The molecule has 2 aliphatic carbocycles. The summed E-state index contributed by atoms with van der Waals surface area (Å²) in [6.07, 6.45) is -0.140. The van der Waals surface area contributed by atoms with Crippen LogP contribution in [0.3, 0.4) is 0 Å². The van der Waals surface area contributed by atoms with Gasteiger partial charge in [0.25, 0.3) is 0 Å². The molecule has 3 N–H and O–H groups in total. The normalized spacial score (nSPS) is 30.7. The molecule has 0 radical (unpaired) electrons. The number of amides is 3. The Kier molecular flexibility index (Phi) is 4.25. The van der Waals surface area contributed by atoms with Crippen molar-refractivity contribution in [2.75, 3.05) is 6.54 Å². The molecule has 0 aromatic rings. The summed E-state index contributed by atoms with van der Waals surface area (Å²) >= 11 is 0. The van der Waals surface area contributed by atoms with E-state index in [0.717, 1.165) is 4.90 Å². The largest absolute Gasteiger partial charge is 0.403 e. The number of hydrogen-bond acceptors (Lipinski definition) is 3. The number of nitrogens with two attached hydrogens (primary N) is 1. The first-order valence-electron chi connectivity index (χ1n) is 8.79. The van der Waals surface area contributed by atoms with Crippen molar-refractivity contribution in [3.63, 3.8) is 0 Å². The molecule has 6 nitrogen and oxygen atoms in total. The third-order valence-corrected chi connectivity index (χ3v) is 6.36. The molecule has 148 valence electrons. The van der Waals surface area contributed by atoms with Gasteiger partial charge in [0, 0.05) is 6.54 Å². The summed E-state index contributed by atoms with van der Waals surface area (Å²) in [6, 6.07) is -1.99. The van der Waals surface area contributed by atoms with Crippen LogP contribution in [0.25, 0.3) is 0 Å². The molecule has 3 fully saturated rings. The van der Waals surface area contributed by atoms with Gasteiger partial charge in [-0.2, -0.15) is 13.2 Å². The molecule has 1 heterocycles. The number of primary amides is 1. The Hall–Kier alpha value is -2.24. The van der Waals surface area contributed by atoms with Crippen LogP contribution in [0.15, 0.2) is 0 Å². The van der Waals surface area contributed by atoms with Crippen molar-refractivity contribution in [3.05, 3.63) is 0 Å². The van der Waals surface area contributed by atoms with Gasteiger partial charge in [0.15, 0.2) is 0 Å². The Morgan fingerprint density at radius 2 is 1.93 bits per heavy atom. The second-order valence-electron chi connectivity index (χ2n) is 8.33. The number of nitrogens with one attached hydrogen (secondary N) is 1. The van der Waals surface area contributed by atoms with Crippen LogP contribution in [-0.2, 0) is 14.4 Å². The van der Waals surface area contributed by atoms with E-state index in [2.05, 4.69) is 11.2 Å². The Bertz CT molecular complexity index is 736. The fourth-order valence-corrected chi connectivity index (χ4v) is 4.42. The Balaban J connectivity index is 1.82. The van der Waals surface area contributed by atoms with Crippen molar-refractivity contribution in [1.29, 1.82) is 0 Å². The lowest BCUT2D eigenvalue weighted by molar-refractivity contribution is -0.200. The SMILES string of the molecule is C#C[C@H](CC(N)=O)NC(=O)[C@@H]1[C@@H]2[C@H](CN1C(=O)C1(C(F)(F)F)CC1)C2(C)C. The zero-order chi connectivity index (χ0) is 20.4. The average molecular weight is 385 g/mol. The second kappa shape index (κ2) is 5.88. The lowest BCUT2D eigenvalue weighted by Gasteiger charge is -2.34. The number of terminal acetylenes is 1. The summed E-state index contributed by atoms with van der Waals surface area (Å²) in [7, 11) is 0. The Morgan fingerprint density at radius 3 is 2.37 bits per heavy atom. The highest BCUT2D eigenvalue weighted by Crippen LogP contribution is 2.67. The van der Waals surface area contributed by atoms with E-state index in [0.29, 0.717) is 0 Å². The van der Waals surface area contributed by atoms with Crippen molar-refractivity contribution in [2.45, 2.75) is 51.4 Å². The average Bonchev–Trinajstić information content (AvgIpc) is 3.38. The molecule has 27 heavy (non-hydrogen) atoms. The molecular formula is C18H22F3N3O3. The van der Waals surface area contributed by atoms with Crippen LogP contribution in [-0.4, -0.2) is 47.4 Å². The maximum atomic E-state index is 13.4. The quantitative estimate of drug-likeness (QED) is 0.686. The molecular weight excluding hydrogens is 363 g/mol. The molecule has 0 aromatic carbocycles. The highest BCUT2D eigenvalue weighted by Gasteiger charge is 2.75. The fraction of sp³-hybridized carbons (Fsp3) is 0.722. The highest BCUT2D eigenvalue weighted by atomic mass is 19.4. The summed E-state index contributed by atoms with van der Waals surface area (Å²) in [5.41, 5.74) is 2.47. The van der Waals surface area contributed by atoms with E-state index in [9.17, 15) is 27.6 Å². The fourth-order valence-electron chi connectivity index (χ4n) is 4.42. The van der Waals surface area contributed by atoms with Gasteiger partial charge in [0.05, 0.1) is 12.5 Å². The second-order valence-corrected chi connectivity index (χ2v) is 8.33. The van der Waals surface area contributed by atoms with Crippen molar-refractivity contribution in [1.82, 2.24) is 10.2 Å². The third-order valence-electron chi connectivity index (χ3n) is 6.36. The van der Waals surface area contributed by atoms with Gasteiger partial charge in [0.2, 0.25) is 17.7 Å². The summed E-state index contributed by atoms with van der Waals surface area (Å²) in [6.45, 7) is 3.95. The standard InChI is InChI=1S/C18H22F3N3O3/c1-4-9(7-11(22)25)23-14(26)13-12-10(16(12,2)3)8-24(13)15(27)17(5-6-17)18(19,20)21/h1,9-10,12-13H,5-8H2,2-3H3,(H2,22,25)(H,23,26)/t9-,10+,12+,13+/m1/s1. The topological polar surface area (TPSA) is 92.5 Å². The van der Waals surface area contributed by atoms with Gasteiger partial charge in [-0.15, -0.1) is 6.42 Å². The van der Waals surface area contributed by atoms with E-state index >= 15 is 0 Å². The van der Waals surface area contributed by atoms with E-state index in [1.165, 1.54) is 0 Å². The number of likely N-dealkylation sites (tertiary alicyclic amines) is 1. The zero-order valence-electron chi connectivity index (χ0n) is 15.1. The maximum absolute atomic E-state index is 13.4. The molecule has 3 amide bonds. The predicted octanol–water partition coefficient (Wildman–Crippen LogP) is 0.805. The number of rotatable bonds is 5. The number of piperidine rings is 1. The molecule has 0 unspecified atom stereocenters. The van der Waals surface area contributed by atoms with Crippen LogP contribution < -0.4 is 11.1 Å². The number of carbonyl (C=O) groups is 3. The number of nitrogens with zero attached hydrogens (tertiary/aromatic N) is 1. The van der Waals surface area contributed by atoms with Crippen molar-refractivity contribution >= 4 is 17.7 Å². The van der Waals surface area contributed by atoms with Gasteiger partial charge in [-0.1, -0.05) is 19.8 Å². The van der Waals surface area contributed by atoms with Gasteiger partial charge in [-0.3, -0.25) is 14.4 Å². The molecule has 0 bridgehead atoms. The smallest absolute Gasteiger partial charge is 0.370 e. The van der Waals surface area contributed by atoms with Crippen LogP contribution in [0.2, 0.25) is 0 Å². The van der Waals surface area contributed by atoms with E-state index in [-0.39, 0.29) is 43.1 Å². The molecule has 2 saturated carbocycles. The molecule has 0 spiro atoms. The van der Waals surface area contributed by atoms with Gasteiger partial charge in [0.1, 0.15) is 11.5 Å². The van der Waals surface area contributed by atoms with Crippen LogP contribution >= 0.6 is 0 Å². The molecule has 1 saturated heterocycles. The van der Waals surface area contributed by atoms with Gasteiger partial charge in [-0.25, -0.2) is 0 Å². The lowest BCUT2D eigenvalue weighted by Crippen LogP contribution is -2.55. The Morgan fingerprint density at radius 1 is 1.33 bits per heavy atom. The van der Waals surface area contributed by atoms with E-state index in [1.807, 2.05) is 13.8 Å². The first-order chi connectivity index (χ1) is 12.4. The minimum Gasteiger partial charge on any atom is -0.370 e. The molecule has 1 aliphatic heterocycles. The first-order valence-corrected chi connectivity index (χ1v) is 8.79. The molecule has 3 aliphatic rings. The number of halogens is 3. The van der Waals surface area contributed by atoms with Crippen molar-refractivity contribution in [3.8, 4) is 12.3 Å². The summed E-state index contributed by atoms with van der Waals surface area (Å²) < 4.78 is 40.1. The van der Waals surface area contributed by atoms with Gasteiger partial charge >= 0.3 is 6.18 Å². The summed E-state index contributed by atoms with van der Waals surface area (Å²) in [5.74, 6) is -0.431. The number of alkyl halides is 3. The molecule has 4 atom stereocenters. The highest BCUT2D eigenvalue weighted by molar-refractivity contribution is 5.94. The van der Waals surface area contributed by atoms with E-state index in [1.54, 1.807) is 0 Å². The summed E-state index contributed by atoms with van der Waals surface area (Å²) in [4.78, 5) is 37.6. The number of carbonyl (C=O) groups excluding carboxylic acids is 3. The lowest BCUT2D eigenvalue weighted by atomic mass is 9.97. The summed E-state index contributed by atoms with van der Waals surface area (Å²) in [5, 5.41) is 2.48. The van der Waals surface area contributed by atoms with Crippen molar-refractivity contribution < 1.29 is 27.6 Å². The van der Waals surface area contributed by atoms with E-state index in [4.69, 9.17) is 12.2 Å². The first kappa shape index (κ1) is 19.5. The van der Waals surface area contributed by atoms with Crippen LogP contribution in [0, 0.1) is 35.0 Å². The van der Waals surface area contributed by atoms with Gasteiger partial charge in [-0.05, 0) is 30.1 Å². The van der Waals surface area contributed by atoms with Crippen LogP contribution in [0.1, 0.15) is 33.1 Å². The monoisotopic (exact) mass is 385 g/mol. The van der Waals surface area contributed by atoms with Gasteiger partial charge < -0.3 is 16.0 Å². The number of hydrogen-bond donors (Lipinski definition) is 2. The minimum atomic E-state index is -4.64. The maximum Gasteiger partial charge on any atom is 0.403 e. The van der Waals surface area contributed by atoms with Crippen LogP contribution in [0.5, 0.6) is 0 Å². The molecule has 3 rings (SSSR count). The Labute approximate surface area is 155 Å².